The van der Waals surface area contributed by atoms with Crippen molar-refractivity contribution in [2.24, 2.45) is 0 Å². The Labute approximate surface area is 236 Å². The van der Waals surface area contributed by atoms with Gasteiger partial charge in [0.05, 0.1) is 31.8 Å². The smallest absolute Gasteiger partial charge is 0.326 e. The molecule has 0 amide bonds. The Morgan fingerprint density at radius 2 is 1.95 bits per heavy atom. The van der Waals surface area contributed by atoms with Crippen LogP contribution < -0.4 is 14.5 Å². The van der Waals surface area contributed by atoms with E-state index in [1.807, 2.05) is 19.9 Å². The number of aromatic nitrogens is 3. The van der Waals surface area contributed by atoms with E-state index in [4.69, 9.17) is 13.9 Å². The number of carbonyl (C=O) groups is 1. The van der Waals surface area contributed by atoms with Crippen molar-refractivity contribution in [3.63, 3.8) is 0 Å². The Balaban J connectivity index is 1.38. The zero-order valence-electron chi connectivity index (χ0n) is 21.6. The monoisotopic (exact) mass is 617 g/mol. The van der Waals surface area contributed by atoms with Gasteiger partial charge >= 0.3 is 5.97 Å². The highest BCUT2D eigenvalue weighted by Crippen LogP contribution is 2.39. The minimum Gasteiger partial charge on any atom is -0.480 e. The van der Waals surface area contributed by atoms with Crippen molar-refractivity contribution < 1.29 is 32.6 Å². The van der Waals surface area contributed by atoms with E-state index in [0.717, 1.165) is 10.2 Å². The molecule has 0 radical (unpaired) electrons. The van der Waals surface area contributed by atoms with Crippen molar-refractivity contribution in [3.05, 3.63) is 46.8 Å². The van der Waals surface area contributed by atoms with E-state index in [2.05, 4.69) is 35.8 Å². The molecule has 2 aliphatic rings. The molecular formula is C27H26BrF2N5O5. The van der Waals surface area contributed by atoms with Gasteiger partial charge in [0.15, 0.2) is 17.2 Å². The predicted octanol–water partition coefficient (Wildman–Crippen LogP) is 5.20. The number of carboxylic acid groups (broad SMARTS) is 1. The molecule has 3 aromatic heterocycles. The summed E-state index contributed by atoms with van der Waals surface area (Å²) in [4.78, 5) is 28.7. The van der Waals surface area contributed by atoms with Crippen LogP contribution in [0.15, 0.2) is 45.4 Å². The maximum Gasteiger partial charge on any atom is 0.326 e. The summed E-state index contributed by atoms with van der Waals surface area (Å²) in [5, 5.41) is 10.7. The Morgan fingerprint density at radius 3 is 2.67 bits per heavy atom. The molecule has 0 saturated carbocycles. The van der Waals surface area contributed by atoms with Crippen LogP contribution in [0.2, 0.25) is 0 Å². The lowest BCUT2D eigenvalue weighted by Gasteiger charge is -2.41. The van der Waals surface area contributed by atoms with Gasteiger partial charge in [-0.1, -0.05) is 12.1 Å². The van der Waals surface area contributed by atoms with Gasteiger partial charge < -0.3 is 28.8 Å². The molecular weight excluding hydrogens is 592 g/mol. The SMILES string of the molecule is C[C@H]1COC[C@H](C)N1c1cc(Br)cnc1O[C@H]1C[C@@H](C(=O)O)N(c2nc(C(F)F)nc3c2oc2ccccc23)C1. The third-order valence-electron chi connectivity index (χ3n) is 7.26. The number of fused-ring (bicyclic) bond motifs is 3. The first-order valence-electron chi connectivity index (χ1n) is 12.9. The molecule has 2 aliphatic heterocycles. The van der Waals surface area contributed by atoms with Gasteiger partial charge in [0, 0.05) is 22.5 Å². The third kappa shape index (κ3) is 4.70. The molecule has 6 rings (SSSR count). The maximum absolute atomic E-state index is 13.9. The van der Waals surface area contributed by atoms with Crippen molar-refractivity contribution in [3.8, 4) is 5.88 Å². The summed E-state index contributed by atoms with van der Waals surface area (Å²) in [6.07, 6.45) is -1.88. The zero-order chi connectivity index (χ0) is 28.1. The first-order valence-corrected chi connectivity index (χ1v) is 13.7. The Bertz CT molecular complexity index is 1580. The molecule has 40 heavy (non-hydrogen) atoms. The van der Waals surface area contributed by atoms with E-state index in [-0.39, 0.29) is 42.0 Å². The fourth-order valence-electron chi connectivity index (χ4n) is 5.57. The number of pyridine rings is 1. The van der Waals surface area contributed by atoms with Crippen molar-refractivity contribution >= 4 is 55.5 Å². The molecule has 13 heteroatoms. The largest absolute Gasteiger partial charge is 0.480 e. The van der Waals surface area contributed by atoms with Crippen LogP contribution in [0.1, 0.15) is 32.5 Å². The number of nitrogens with zero attached hydrogens (tertiary/aromatic N) is 5. The van der Waals surface area contributed by atoms with E-state index in [1.165, 1.54) is 4.90 Å². The average molecular weight is 618 g/mol. The van der Waals surface area contributed by atoms with Crippen LogP contribution in [0.5, 0.6) is 5.88 Å². The van der Waals surface area contributed by atoms with Crippen LogP contribution in [0.25, 0.3) is 22.1 Å². The lowest BCUT2D eigenvalue weighted by molar-refractivity contribution is -0.138. The first kappa shape index (κ1) is 26.6. The molecule has 0 spiro atoms. The lowest BCUT2D eigenvalue weighted by Crippen LogP contribution is -2.50. The Morgan fingerprint density at radius 1 is 1.20 bits per heavy atom. The average Bonchev–Trinajstić information content (AvgIpc) is 3.51. The van der Waals surface area contributed by atoms with Gasteiger partial charge in [0.25, 0.3) is 6.43 Å². The number of benzene rings is 1. The standard InChI is InChI=1S/C27H26BrF2N5O5/c1-13-11-38-12-14(2)35(13)18-7-15(28)9-31-26(18)39-16-8-19(27(36)37)34(10-16)25-22-21(32-24(33-25)23(29)30)17-5-3-4-6-20(17)40-22/h3-7,9,13-14,16,19,23H,8,10-12H2,1-2H3,(H,36,37)/t13-,14-,16-,19-/m0/s1. The van der Waals surface area contributed by atoms with Crippen molar-refractivity contribution in [1.29, 1.82) is 0 Å². The number of alkyl halides is 2. The summed E-state index contributed by atoms with van der Waals surface area (Å²) in [5.41, 5.74) is 1.55. The van der Waals surface area contributed by atoms with Crippen molar-refractivity contribution in [2.45, 2.75) is 50.9 Å². The number of hydrogen-bond donors (Lipinski definition) is 1. The third-order valence-corrected chi connectivity index (χ3v) is 7.69. The summed E-state index contributed by atoms with van der Waals surface area (Å²) < 4.78 is 46.5. The number of carboxylic acids is 1. The van der Waals surface area contributed by atoms with Gasteiger partial charge in [0.2, 0.25) is 5.88 Å². The molecule has 10 nitrogen and oxygen atoms in total. The van der Waals surface area contributed by atoms with Crippen molar-refractivity contribution in [1.82, 2.24) is 15.0 Å². The van der Waals surface area contributed by atoms with Crippen LogP contribution in [0.3, 0.4) is 0 Å². The van der Waals surface area contributed by atoms with Gasteiger partial charge in [-0.3, -0.25) is 0 Å². The number of halogens is 3. The van der Waals surface area contributed by atoms with E-state index in [1.54, 1.807) is 30.5 Å². The number of furan rings is 1. The highest BCUT2D eigenvalue weighted by molar-refractivity contribution is 9.10. The minimum atomic E-state index is -2.96. The summed E-state index contributed by atoms with van der Waals surface area (Å²) in [6.45, 7) is 5.25. The fraction of sp³-hybridized carbons (Fsp3) is 0.407. The van der Waals surface area contributed by atoms with Gasteiger partial charge in [0.1, 0.15) is 28.9 Å². The maximum atomic E-state index is 13.9. The molecule has 2 fully saturated rings. The molecule has 4 atom stereocenters. The number of para-hydroxylation sites is 1. The predicted molar refractivity (Wildman–Crippen MR) is 146 cm³/mol. The number of morpholine rings is 1. The Hall–Kier alpha value is -3.58. The van der Waals surface area contributed by atoms with E-state index >= 15 is 0 Å². The number of anilines is 2. The van der Waals surface area contributed by atoms with E-state index < -0.39 is 30.4 Å². The van der Waals surface area contributed by atoms with Gasteiger partial charge in [-0.15, -0.1) is 0 Å². The second-order valence-electron chi connectivity index (χ2n) is 10.1. The summed E-state index contributed by atoms with van der Waals surface area (Å²) in [6, 6.07) is 7.85. The minimum absolute atomic E-state index is 0.00517. The summed E-state index contributed by atoms with van der Waals surface area (Å²) in [7, 11) is 0. The molecule has 0 aliphatic carbocycles. The van der Waals surface area contributed by atoms with Crippen LogP contribution in [0, 0.1) is 0 Å². The number of rotatable bonds is 6. The molecule has 0 unspecified atom stereocenters. The lowest BCUT2D eigenvalue weighted by atomic mass is 10.1. The van der Waals surface area contributed by atoms with Gasteiger partial charge in [-0.2, -0.15) is 0 Å². The van der Waals surface area contributed by atoms with Gasteiger partial charge in [-0.25, -0.2) is 28.5 Å². The van der Waals surface area contributed by atoms with E-state index in [0.29, 0.717) is 30.1 Å². The molecule has 210 valence electrons. The number of aliphatic carboxylic acids is 1. The Kier molecular flexibility index (Phi) is 6.95. The number of hydrogen-bond acceptors (Lipinski definition) is 9. The highest BCUT2D eigenvalue weighted by atomic mass is 79.9. The molecule has 4 aromatic rings. The van der Waals surface area contributed by atoms with Crippen LogP contribution >= 0.6 is 15.9 Å². The topological polar surface area (TPSA) is 114 Å². The van der Waals surface area contributed by atoms with Gasteiger partial charge in [-0.05, 0) is 48.0 Å². The molecule has 0 bridgehead atoms. The summed E-state index contributed by atoms with van der Waals surface area (Å²) >= 11 is 3.49. The quantitative estimate of drug-likeness (QED) is 0.310. The molecule has 1 N–H and O–H groups in total. The molecule has 1 aromatic carbocycles. The first-order chi connectivity index (χ1) is 19.2. The van der Waals surface area contributed by atoms with E-state index in [9.17, 15) is 18.7 Å². The molecule has 5 heterocycles. The highest BCUT2D eigenvalue weighted by Gasteiger charge is 2.42. The van der Waals surface area contributed by atoms with Crippen molar-refractivity contribution in [2.75, 3.05) is 29.6 Å². The van der Waals surface area contributed by atoms with Crippen LogP contribution in [0.4, 0.5) is 20.3 Å². The second kappa shape index (κ2) is 10.4. The van der Waals surface area contributed by atoms with Crippen LogP contribution in [-0.4, -0.2) is 70.0 Å². The summed E-state index contributed by atoms with van der Waals surface area (Å²) in [5.74, 6) is -1.49. The second-order valence-corrected chi connectivity index (χ2v) is 11.0. The van der Waals surface area contributed by atoms with Crippen LogP contribution in [-0.2, 0) is 9.53 Å². The normalized spacial score (nSPS) is 23.4. The zero-order valence-corrected chi connectivity index (χ0v) is 23.2. The fourth-order valence-corrected chi connectivity index (χ4v) is 5.88. The number of ether oxygens (including phenoxy) is 2. The molecule has 2 saturated heterocycles.